The van der Waals surface area contributed by atoms with Crippen molar-refractivity contribution in [1.29, 1.82) is 0 Å². The number of benzene rings is 2. The van der Waals surface area contributed by atoms with Crippen LogP contribution in [0.15, 0.2) is 52.2 Å². The normalized spacial score (nSPS) is 11.4. The number of aryl methyl sites for hydroxylation is 1. The van der Waals surface area contributed by atoms with Crippen LogP contribution in [0.1, 0.15) is 5.69 Å². The second-order valence-electron chi connectivity index (χ2n) is 5.98. The van der Waals surface area contributed by atoms with Gasteiger partial charge in [0.15, 0.2) is 5.75 Å². The van der Waals surface area contributed by atoms with Gasteiger partial charge in [-0.1, -0.05) is 18.2 Å². The van der Waals surface area contributed by atoms with E-state index in [1.165, 1.54) is 6.92 Å². The number of nitrogens with two attached hydrogens (primary N) is 1. The molecule has 0 spiro atoms. The van der Waals surface area contributed by atoms with Gasteiger partial charge in [-0.25, -0.2) is 10.5 Å². The van der Waals surface area contributed by atoms with Crippen molar-refractivity contribution in [3.05, 3.63) is 68.6 Å². The number of rotatable bonds is 5. The van der Waals surface area contributed by atoms with Crippen molar-refractivity contribution < 1.29 is 23.0 Å². The van der Waals surface area contributed by atoms with Crippen LogP contribution in [0.5, 0.6) is 5.75 Å². The van der Waals surface area contributed by atoms with Crippen molar-refractivity contribution in [1.82, 2.24) is 9.78 Å². The van der Waals surface area contributed by atoms with E-state index >= 15 is 0 Å². The van der Waals surface area contributed by atoms with Gasteiger partial charge in [-0.3, -0.25) is 29.6 Å². The first-order valence-electron chi connectivity index (χ1n) is 7.93. The van der Waals surface area contributed by atoms with Gasteiger partial charge in [-0.15, -0.1) is 0 Å². The first-order chi connectivity index (χ1) is 13.5. The molecule has 0 aliphatic rings. The molecular weight excluding hydrogens is 406 g/mol. The number of H-pyrrole nitrogens is 1. The molecule has 5 N–H and O–H groups in total. The molecule has 2 aromatic carbocycles. The van der Waals surface area contributed by atoms with Gasteiger partial charge in [-0.2, -0.15) is 8.42 Å². The SMILES string of the molecule is Cc1[nH]n(-c2ccccc2)c(=O)c1N(N)c1cc([N+](=O)[O-])cc(S(=O)(=O)O)c1O. The number of nitrogens with one attached hydrogen (secondary N) is 1. The zero-order valence-electron chi connectivity index (χ0n) is 14.8. The number of nitro benzene ring substituents is 1. The highest BCUT2D eigenvalue weighted by atomic mass is 32.2. The Morgan fingerprint density at radius 3 is 2.41 bits per heavy atom. The quantitative estimate of drug-likeness (QED) is 0.204. The first-order valence-corrected chi connectivity index (χ1v) is 9.37. The van der Waals surface area contributed by atoms with Gasteiger partial charge in [0, 0.05) is 12.1 Å². The number of para-hydroxylation sites is 1. The minimum absolute atomic E-state index is 0.203. The van der Waals surface area contributed by atoms with Crippen molar-refractivity contribution in [3.63, 3.8) is 0 Å². The lowest BCUT2D eigenvalue weighted by Crippen LogP contribution is -2.31. The summed E-state index contributed by atoms with van der Waals surface area (Å²) in [7, 11) is -5.01. The molecule has 1 aromatic heterocycles. The van der Waals surface area contributed by atoms with Gasteiger partial charge < -0.3 is 5.11 Å². The number of aromatic hydroxyl groups is 1. The minimum Gasteiger partial charge on any atom is -0.504 e. The molecule has 0 aliphatic carbocycles. The number of non-ortho nitro benzene ring substituents is 1. The number of nitrogens with zero attached hydrogens (tertiary/aromatic N) is 3. The Bertz CT molecular complexity index is 1260. The van der Waals surface area contributed by atoms with Crippen LogP contribution in [0, 0.1) is 17.0 Å². The van der Waals surface area contributed by atoms with Crippen LogP contribution in [0.3, 0.4) is 0 Å². The summed E-state index contributed by atoms with van der Waals surface area (Å²) in [5, 5.41) is 24.8. The van der Waals surface area contributed by atoms with Crippen LogP contribution in [0.4, 0.5) is 17.1 Å². The number of phenols is 1. The van der Waals surface area contributed by atoms with E-state index < -0.39 is 42.6 Å². The fourth-order valence-corrected chi connectivity index (χ4v) is 3.38. The van der Waals surface area contributed by atoms with E-state index in [9.17, 15) is 33.0 Å². The van der Waals surface area contributed by atoms with Crippen molar-refractivity contribution in [2.24, 2.45) is 5.84 Å². The average Bonchev–Trinajstić information content (AvgIpc) is 2.95. The largest absolute Gasteiger partial charge is 0.504 e. The van der Waals surface area contributed by atoms with Gasteiger partial charge in [0.2, 0.25) is 0 Å². The van der Waals surface area contributed by atoms with Crippen LogP contribution in [-0.4, -0.2) is 32.8 Å². The number of aromatic nitrogens is 2. The molecule has 3 aromatic rings. The Morgan fingerprint density at radius 1 is 1.24 bits per heavy atom. The number of aromatic amines is 1. The molecule has 0 saturated heterocycles. The number of anilines is 2. The summed E-state index contributed by atoms with van der Waals surface area (Å²) in [4.78, 5) is 21.9. The molecular formula is C16H15N5O7S. The molecule has 1 heterocycles. The second-order valence-corrected chi connectivity index (χ2v) is 7.37. The van der Waals surface area contributed by atoms with Crippen molar-refractivity contribution in [2.75, 3.05) is 5.01 Å². The summed E-state index contributed by atoms with van der Waals surface area (Å²) in [6.45, 7) is 1.49. The van der Waals surface area contributed by atoms with E-state index in [-0.39, 0.29) is 11.4 Å². The molecule has 13 heteroatoms. The summed E-state index contributed by atoms with van der Waals surface area (Å²) >= 11 is 0. The molecule has 0 unspecified atom stereocenters. The lowest BCUT2D eigenvalue weighted by molar-refractivity contribution is -0.385. The zero-order valence-corrected chi connectivity index (χ0v) is 15.6. The third kappa shape index (κ3) is 3.56. The Morgan fingerprint density at radius 2 is 1.86 bits per heavy atom. The molecule has 0 atom stereocenters. The lowest BCUT2D eigenvalue weighted by atomic mass is 10.2. The average molecular weight is 421 g/mol. The van der Waals surface area contributed by atoms with Crippen molar-refractivity contribution >= 4 is 27.2 Å². The van der Waals surface area contributed by atoms with Gasteiger partial charge in [0.05, 0.1) is 16.3 Å². The fraction of sp³-hybridized carbons (Fsp3) is 0.0625. The minimum atomic E-state index is -5.01. The highest BCUT2D eigenvalue weighted by Gasteiger charge is 2.28. The maximum atomic E-state index is 12.8. The summed E-state index contributed by atoms with van der Waals surface area (Å²) in [5.74, 6) is 4.88. The van der Waals surface area contributed by atoms with Crippen LogP contribution in [0.25, 0.3) is 5.69 Å². The second kappa shape index (κ2) is 7.05. The highest BCUT2D eigenvalue weighted by molar-refractivity contribution is 7.86. The topological polar surface area (TPSA) is 185 Å². The van der Waals surface area contributed by atoms with E-state index in [1.54, 1.807) is 30.3 Å². The molecule has 0 amide bonds. The van der Waals surface area contributed by atoms with E-state index in [0.29, 0.717) is 16.8 Å². The highest BCUT2D eigenvalue weighted by Crippen LogP contribution is 2.39. The molecule has 0 fully saturated rings. The Labute approximate surface area is 163 Å². The van der Waals surface area contributed by atoms with E-state index in [1.807, 2.05) is 0 Å². The van der Waals surface area contributed by atoms with Gasteiger partial charge in [0.1, 0.15) is 16.3 Å². The van der Waals surface area contributed by atoms with Crippen LogP contribution >= 0.6 is 0 Å². The first kappa shape index (κ1) is 20.1. The summed E-state index contributed by atoms with van der Waals surface area (Å²) in [6, 6.07) is 9.69. The maximum absolute atomic E-state index is 12.8. The molecule has 0 saturated carbocycles. The molecule has 0 bridgehead atoms. The van der Waals surface area contributed by atoms with Gasteiger partial charge in [0.25, 0.3) is 21.4 Å². The Hall–Kier alpha value is -3.68. The maximum Gasteiger partial charge on any atom is 0.298 e. The number of hydrazine groups is 1. The third-order valence-electron chi connectivity index (χ3n) is 4.08. The van der Waals surface area contributed by atoms with Crippen molar-refractivity contribution in [2.45, 2.75) is 11.8 Å². The van der Waals surface area contributed by atoms with Crippen LogP contribution in [0.2, 0.25) is 0 Å². The molecule has 0 radical (unpaired) electrons. The standard InChI is InChI=1S/C16H15N5O7S/c1-9-14(16(23)20(18-9)10-5-3-2-4-6-10)19(17)12-7-11(21(24)25)8-13(15(12)22)29(26,27)28/h2-8,18,22H,17H2,1H3,(H,26,27,28). The molecule has 12 nitrogen and oxygen atoms in total. The number of hydrogen-bond acceptors (Lipinski definition) is 8. The number of nitro groups is 1. The lowest BCUT2D eigenvalue weighted by Gasteiger charge is -2.19. The van der Waals surface area contributed by atoms with Gasteiger partial charge in [-0.05, 0) is 19.1 Å². The predicted octanol–water partition coefficient (Wildman–Crippen LogP) is 1.35. The number of hydrogen-bond donors (Lipinski definition) is 4. The van der Waals surface area contributed by atoms with Gasteiger partial charge >= 0.3 is 0 Å². The molecule has 29 heavy (non-hydrogen) atoms. The third-order valence-corrected chi connectivity index (χ3v) is 4.95. The Kier molecular flexibility index (Phi) is 4.88. The van der Waals surface area contributed by atoms with E-state index in [0.717, 1.165) is 10.7 Å². The van der Waals surface area contributed by atoms with Crippen LogP contribution < -0.4 is 16.4 Å². The van der Waals surface area contributed by atoms with Crippen molar-refractivity contribution in [3.8, 4) is 11.4 Å². The molecule has 152 valence electrons. The fourth-order valence-electron chi connectivity index (χ4n) is 2.77. The predicted molar refractivity (Wildman–Crippen MR) is 102 cm³/mol. The summed E-state index contributed by atoms with van der Waals surface area (Å²) in [6.07, 6.45) is 0. The molecule has 3 rings (SSSR count). The van der Waals surface area contributed by atoms with Crippen LogP contribution in [-0.2, 0) is 10.1 Å². The summed E-state index contributed by atoms with van der Waals surface area (Å²) < 4.78 is 33.4. The summed E-state index contributed by atoms with van der Waals surface area (Å²) in [5.41, 5.74) is -1.48. The number of phenolic OH excluding ortho intramolecular Hbond substituents is 1. The smallest absolute Gasteiger partial charge is 0.298 e. The Balaban J connectivity index is 2.23. The van der Waals surface area contributed by atoms with E-state index in [4.69, 9.17) is 5.84 Å². The molecule has 0 aliphatic heterocycles. The zero-order chi connectivity index (χ0) is 21.5. The monoisotopic (exact) mass is 421 g/mol. The van der Waals surface area contributed by atoms with E-state index in [2.05, 4.69) is 5.10 Å².